The topological polar surface area (TPSA) is 78.4 Å². The Morgan fingerprint density at radius 1 is 1.55 bits per heavy atom. The molecular formula is C15H19N2O3. The van der Waals surface area contributed by atoms with Crippen LogP contribution in [0, 0.1) is 12.8 Å². The third-order valence-electron chi connectivity index (χ3n) is 3.45. The van der Waals surface area contributed by atoms with E-state index in [0.29, 0.717) is 31.5 Å². The molecule has 5 nitrogen and oxygen atoms in total. The lowest BCUT2D eigenvalue weighted by Crippen LogP contribution is -2.40. The van der Waals surface area contributed by atoms with Crippen LogP contribution in [0.3, 0.4) is 0 Å². The van der Waals surface area contributed by atoms with Gasteiger partial charge in [-0.3, -0.25) is 9.59 Å². The third kappa shape index (κ3) is 3.57. The lowest BCUT2D eigenvalue weighted by atomic mass is 9.98. The van der Waals surface area contributed by atoms with Gasteiger partial charge in [-0.25, -0.2) is 0 Å². The van der Waals surface area contributed by atoms with Crippen molar-refractivity contribution < 1.29 is 14.7 Å². The average Bonchev–Trinajstić information content (AvgIpc) is 2.47. The molecule has 1 aliphatic heterocycles. The zero-order valence-electron chi connectivity index (χ0n) is 11.3. The Kier molecular flexibility index (Phi) is 4.74. The van der Waals surface area contributed by atoms with Gasteiger partial charge in [0.2, 0.25) is 11.8 Å². The van der Waals surface area contributed by atoms with Crippen molar-refractivity contribution in [3.63, 3.8) is 0 Å². The highest BCUT2D eigenvalue weighted by atomic mass is 16.3. The van der Waals surface area contributed by atoms with Gasteiger partial charge in [0.05, 0.1) is 12.0 Å². The van der Waals surface area contributed by atoms with Crippen molar-refractivity contribution in [3.8, 4) is 0 Å². The predicted octanol–water partition coefficient (Wildman–Crippen LogP) is 1.41. The molecule has 2 atom stereocenters. The van der Waals surface area contributed by atoms with E-state index in [0.717, 1.165) is 5.56 Å². The van der Waals surface area contributed by atoms with E-state index in [9.17, 15) is 14.7 Å². The number of rotatable bonds is 4. The smallest absolute Gasteiger partial charge is 0.229 e. The molecule has 1 aromatic rings. The van der Waals surface area contributed by atoms with Crippen molar-refractivity contribution in [1.29, 1.82) is 0 Å². The van der Waals surface area contributed by atoms with E-state index in [1.807, 2.05) is 0 Å². The van der Waals surface area contributed by atoms with Gasteiger partial charge in [-0.2, -0.15) is 0 Å². The number of nitrogens with one attached hydrogen (secondary N) is 2. The normalized spacial score (nSPS) is 20.1. The molecule has 1 radical (unpaired) electrons. The molecule has 0 spiro atoms. The largest absolute Gasteiger partial charge is 0.388 e. The van der Waals surface area contributed by atoms with Crippen molar-refractivity contribution in [2.45, 2.75) is 25.4 Å². The Labute approximate surface area is 118 Å². The van der Waals surface area contributed by atoms with E-state index < -0.39 is 6.10 Å². The van der Waals surface area contributed by atoms with E-state index in [2.05, 4.69) is 17.6 Å². The van der Waals surface area contributed by atoms with Crippen LogP contribution < -0.4 is 10.6 Å². The number of hydrogen-bond acceptors (Lipinski definition) is 3. The van der Waals surface area contributed by atoms with E-state index in [1.54, 1.807) is 24.3 Å². The van der Waals surface area contributed by atoms with Crippen molar-refractivity contribution >= 4 is 17.5 Å². The Balaban J connectivity index is 1.99. The molecule has 2 unspecified atom stereocenters. The third-order valence-corrected chi connectivity index (χ3v) is 3.45. The quantitative estimate of drug-likeness (QED) is 0.777. The highest BCUT2D eigenvalue weighted by Gasteiger charge is 2.24. The molecule has 0 aliphatic carbocycles. The molecule has 1 saturated heterocycles. The summed E-state index contributed by atoms with van der Waals surface area (Å²) in [5.41, 5.74) is 1.38. The maximum absolute atomic E-state index is 12.1. The van der Waals surface area contributed by atoms with E-state index in [-0.39, 0.29) is 17.7 Å². The van der Waals surface area contributed by atoms with Crippen LogP contribution in [0.5, 0.6) is 0 Å². The Bertz CT molecular complexity index is 492. The van der Waals surface area contributed by atoms with Gasteiger partial charge >= 0.3 is 0 Å². The zero-order valence-corrected chi connectivity index (χ0v) is 11.3. The van der Waals surface area contributed by atoms with Crippen molar-refractivity contribution in [2.24, 2.45) is 5.92 Å². The van der Waals surface area contributed by atoms with E-state index >= 15 is 0 Å². The first kappa shape index (κ1) is 14.5. The highest BCUT2D eigenvalue weighted by molar-refractivity contribution is 5.94. The minimum absolute atomic E-state index is 0.00499. The van der Waals surface area contributed by atoms with Crippen molar-refractivity contribution in [1.82, 2.24) is 5.32 Å². The first-order valence-electron chi connectivity index (χ1n) is 6.75. The van der Waals surface area contributed by atoms with Gasteiger partial charge in [-0.15, -0.1) is 0 Å². The number of piperidine rings is 1. The van der Waals surface area contributed by atoms with Gasteiger partial charge in [0.25, 0.3) is 0 Å². The fourth-order valence-corrected chi connectivity index (χ4v) is 2.19. The molecular weight excluding hydrogens is 256 g/mol. The van der Waals surface area contributed by atoms with Crippen LogP contribution >= 0.6 is 0 Å². The van der Waals surface area contributed by atoms with Crippen molar-refractivity contribution in [3.05, 3.63) is 36.8 Å². The summed E-state index contributed by atoms with van der Waals surface area (Å²) in [5.74, 6) is -0.310. The Hall–Kier alpha value is -1.88. The van der Waals surface area contributed by atoms with Crippen LogP contribution in [-0.2, 0) is 9.59 Å². The second-order valence-corrected chi connectivity index (χ2v) is 4.96. The summed E-state index contributed by atoms with van der Waals surface area (Å²) in [7, 11) is 0. The summed E-state index contributed by atoms with van der Waals surface area (Å²) in [6.45, 7) is 4.04. The van der Waals surface area contributed by atoms with Gasteiger partial charge in [0, 0.05) is 18.7 Å². The molecule has 0 aromatic heterocycles. The van der Waals surface area contributed by atoms with Crippen LogP contribution in [0.25, 0.3) is 0 Å². The molecule has 1 fully saturated rings. The number of carbonyl (C=O) groups is 2. The molecule has 5 heteroatoms. The molecule has 1 aliphatic rings. The minimum Gasteiger partial charge on any atom is -0.388 e. The molecule has 2 amide bonds. The number of aliphatic hydroxyl groups excluding tert-OH is 1. The molecule has 0 saturated carbocycles. The predicted molar refractivity (Wildman–Crippen MR) is 75.7 cm³/mol. The van der Waals surface area contributed by atoms with Crippen molar-refractivity contribution in [2.75, 3.05) is 11.9 Å². The zero-order chi connectivity index (χ0) is 14.5. The second-order valence-electron chi connectivity index (χ2n) is 4.96. The van der Waals surface area contributed by atoms with Crippen LogP contribution in [-0.4, -0.2) is 23.5 Å². The number of aliphatic hydroxyl groups is 1. The maximum atomic E-state index is 12.1. The number of carbonyl (C=O) groups excluding carboxylic acids is 2. The molecule has 20 heavy (non-hydrogen) atoms. The molecule has 1 aromatic carbocycles. The molecule has 0 bridgehead atoms. The van der Waals surface area contributed by atoms with Gasteiger partial charge in [-0.1, -0.05) is 19.1 Å². The van der Waals surface area contributed by atoms with Crippen LogP contribution in [0.2, 0.25) is 0 Å². The number of anilines is 1. The fraction of sp³-hybridized carbons (Fsp3) is 0.400. The van der Waals surface area contributed by atoms with Crippen LogP contribution in [0.4, 0.5) is 5.69 Å². The van der Waals surface area contributed by atoms with Gasteiger partial charge in [0.15, 0.2) is 0 Å². The lowest BCUT2D eigenvalue weighted by molar-refractivity contribution is -0.126. The molecule has 2 rings (SSSR count). The van der Waals surface area contributed by atoms with Crippen LogP contribution in [0.15, 0.2) is 24.3 Å². The van der Waals surface area contributed by atoms with Gasteiger partial charge < -0.3 is 15.7 Å². The fourth-order valence-electron chi connectivity index (χ4n) is 2.19. The summed E-state index contributed by atoms with van der Waals surface area (Å²) < 4.78 is 0. The maximum Gasteiger partial charge on any atom is 0.229 e. The first-order valence-corrected chi connectivity index (χ1v) is 6.75. The Morgan fingerprint density at radius 3 is 3.00 bits per heavy atom. The number of benzene rings is 1. The SMILES string of the molecule is [CH2]CC(O)c1cccc(NC(=O)C2CCC(=O)NC2)c1. The summed E-state index contributed by atoms with van der Waals surface area (Å²) in [6.07, 6.45) is 0.712. The average molecular weight is 275 g/mol. The van der Waals surface area contributed by atoms with Gasteiger partial charge in [-0.05, 0) is 30.5 Å². The van der Waals surface area contributed by atoms with Gasteiger partial charge in [0.1, 0.15) is 0 Å². The standard InChI is InChI=1S/C15H19N2O3/c1-2-13(18)10-4-3-5-12(8-10)17-15(20)11-6-7-14(19)16-9-11/h3-5,8,11,13,18H,1-2,6-7,9H2,(H,16,19)(H,17,20). The second kappa shape index (κ2) is 6.52. The highest BCUT2D eigenvalue weighted by Crippen LogP contribution is 2.21. The molecule has 3 N–H and O–H groups in total. The number of amides is 2. The van der Waals surface area contributed by atoms with E-state index in [1.165, 1.54) is 0 Å². The molecule has 107 valence electrons. The summed E-state index contributed by atoms with van der Waals surface area (Å²) in [4.78, 5) is 23.2. The number of hydrogen-bond donors (Lipinski definition) is 3. The Morgan fingerprint density at radius 2 is 2.35 bits per heavy atom. The van der Waals surface area contributed by atoms with E-state index in [4.69, 9.17) is 0 Å². The first-order chi connectivity index (χ1) is 9.60. The summed E-state index contributed by atoms with van der Waals surface area (Å²) >= 11 is 0. The summed E-state index contributed by atoms with van der Waals surface area (Å²) in [6, 6.07) is 7.10. The van der Waals surface area contributed by atoms with Crippen LogP contribution in [0.1, 0.15) is 30.9 Å². The monoisotopic (exact) mass is 275 g/mol. The summed E-state index contributed by atoms with van der Waals surface area (Å²) in [5, 5.41) is 15.3. The molecule has 1 heterocycles. The lowest BCUT2D eigenvalue weighted by Gasteiger charge is -2.21. The minimum atomic E-state index is -0.624.